The molecule has 0 aliphatic carbocycles. The Morgan fingerprint density at radius 1 is 1.25 bits per heavy atom. The van der Waals surface area contributed by atoms with Gasteiger partial charge in [-0.05, 0) is 25.8 Å². The Hall–Kier alpha value is -0.960. The first-order chi connectivity index (χ1) is 7.39. The smallest absolute Gasteiger partial charge is 0.244 e. The molecule has 1 N–H and O–H groups in total. The maximum atomic E-state index is 12.8. The number of alkyl halides is 2. The van der Waals surface area contributed by atoms with Crippen molar-refractivity contribution >= 4 is 0 Å². The van der Waals surface area contributed by atoms with Crippen LogP contribution in [0.1, 0.15) is 31.4 Å². The van der Waals surface area contributed by atoms with Gasteiger partial charge < -0.3 is 5.11 Å². The Morgan fingerprint density at radius 3 is 2.12 bits per heavy atom. The molecule has 1 aromatic carbocycles. The number of benzene rings is 1. The predicted octanol–water partition coefficient (Wildman–Crippen LogP) is 3.49. The van der Waals surface area contributed by atoms with Gasteiger partial charge in [-0.2, -0.15) is 0 Å². The third kappa shape index (κ3) is 2.59. The van der Waals surface area contributed by atoms with Crippen molar-refractivity contribution < 1.29 is 13.9 Å². The summed E-state index contributed by atoms with van der Waals surface area (Å²) in [6.07, 6.45) is -2.26. The number of halogens is 2. The molecule has 0 saturated carbocycles. The summed E-state index contributed by atoms with van der Waals surface area (Å²) >= 11 is 0. The van der Waals surface area contributed by atoms with Crippen LogP contribution >= 0.6 is 0 Å². The molecule has 0 aromatic heterocycles. The van der Waals surface area contributed by atoms with E-state index in [2.05, 4.69) is 0 Å². The average molecular weight is 228 g/mol. The van der Waals surface area contributed by atoms with Gasteiger partial charge in [0.2, 0.25) is 6.43 Å². The lowest BCUT2D eigenvalue weighted by atomic mass is 9.81. The van der Waals surface area contributed by atoms with E-state index in [1.54, 1.807) is 19.1 Å². The molecule has 1 rings (SSSR count). The molecule has 0 saturated heterocycles. The number of aryl methyl sites for hydroxylation is 1. The van der Waals surface area contributed by atoms with Crippen LogP contribution in [0.2, 0.25) is 0 Å². The Balaban J connectivity index is 3.03. The predicted molar refractivity (Wildman–Crippen MR) is 60.5 cm³/mol. The molecule has 0 heterocycles. The van der Waals surface area contributed by atoms with E-state index in [9.17, 15) is 13.9 Å². The van der Waals surface area contributed by atoms with Crippen molar-refractivity contribution in [2.75, 3.05) is 0 Å². The standard InChI is InChI=1S/C13H18F2O/c1-4-11(12(14)15)13(3,16)10-7-5-9(2)6-8-10/h5-8,11-12,16H,4H2,1-3H3. The summed E-state index contributed by atoms with van der Waals surface area (Å²) < 4.78 is 25.6. The quantitative estimate of drug-likeness (QED) is 0.836. The lowest BCUT2D eigenvalue weighted by Gasteiger charge is -2.32. The van der Waals surface area contributed by atoms with Gasteiger partial charge in [0, 0.05) is 0 Å². The van der Waals surface area contributed by atoms with Crippen molar-refractivity contribution in [1.29, 1.82) is 0 Å². The van der Waals surface area contributed by atoms with Crippen LogP contribution in [-0.4, -0.2) is 11.5 Å². The summed E-state index contributed by atoms with van der Waals surface area (Å²) in [7, 11) is 0. The molecule has 3 heteroatoms. The molecule has 90 valence electrons. The van der Waals surface area contributed by atoms with E-state index in [-0.39, 0.29) is 6.42 Å². The minimum absolute atomic E-state index is 0.249. The van der Waals surface area contributed by atoms with Crippen molar-refractivity contribution in [1.82, 2.24) is 0 Å². The van der Waals surface area contributed by atoms with Gasteiger partial charge >= 0.3 is 0 Å². The fourth-order valence-corrected chi connectivity index (χ4v) is 1.93. The minimum Gasteiger partial charge on any atom is -0.385 e. The van der Waals surface area contributed by atoms with E-state index in [0.29, 0.717) is 5.56 Å². The van der Waals surface area contributed by atoms with E-state index >= 15 is 0 Å². The second-order valence-corrected chi connectivity index (χ2v) is 4.36. The normalized spacial score (nSPS) is 17.2. The van der Waals surface area contributed by atoms with Gasteiger partial charge in [-0.3, -0.25) is 0 Å². The Bertz CT molecular complexity index is 330. The highest BCUT2D eigenvalue weighted by Crippen LogP contribution is 2.35. The maximum Gasteiger partial charge on any atom is 0.244 e. The van der Waals surface area contributed by atoms with Crippen LogP contribution in [0.25, 0.3) is 0 Å². The van der Waals surface area contributed by atoms with E-state index < -0.39 is 17.9 Å². The second kappa shape index (κ2) is 4.91. The SMILES string of the molecule is CCC(C(F)F)C(C)(O)c1ccc(C)cc1. The first kappa shape index (κ1) is 13.1. The fraction of sp³-hybridized carbons (Fsp3) is 0.538. The lowest BCUT2D eigenvalue weighted by molar-refractivity contribution is -0.0798. The summed E-state index contributed by atoms with van der Waals surface area (Å²) in [4.78, 5) is 0. The summed E-state index contributed by atoms with van der Waals surface area (Å²) in [6.45, 7) is 5.04. The number of aliphatic hydroxyl groups is 1. The molecule has 0 aliphatic heterocycles. The first-order valence-electron chi connectivity index (χ1n) is 5.47. The summed E-state index contributed by atoms with van der Waals surface area (Å²) in [5.41, 5.74) is 0.117. The Kier molecular flexibility index (Phi) is 4.03. The Morgan fingerprint density at radius 2 is 1.75 bits per heavy atom. The summed E-state index contributed by atoms with van der Waals surface area (Å²) in [6, 6.07) is 7.06. The van der Waals surface area contributed by atoms with Crippen LogP contribution in [0.3, 0.4) is 0 Å². The molecule has 1 aromatic rings. The number of hydrogen-bond acceptors (Lipinski definition) is 1. The van der Waals surface area contributed by atoms with Gasteiger partial charge in [0.15, 0.2) is 0 Å². The molecular weight excluding hydrogens is 210 g/mol. The molecule has 0 spiro atoms. The van der Waals surface area contributed by atoms with E-state index in [0.717, 1.165) is 5.56 Å². The van der Waals surface area contributed by atoms with Crippen LogP contribution in [0, 0.1) is 12.8 Å². The fourth-order valence-electron chi connectivity index (χ4n) is 1.93. The van der Waals surface area contributed by atoms with Gasteiger partial charge in [0.1, 0.15) is 0 Å². The topological polar surface area (TPSA) is 20.2 Å². The molecule has 1 nitrogen and oxygen atoms in total. The molecule has 2 atom stereocenters. The van der Waals surface area contributed by atoms with Crippen molar-refractivity contribution in [3.63, 3.8) is 0 Å². The third-order valence-corrected chi connectivity index (χ3v) is 3.10. The molecular formula is C13H18F2O. The minimum atomic E-state index is -2.51. The van der Waals surface area contributed by atoms with Gasteiger partial charge in [-0.1, -0.05) is 36.8 Å². The molecule has 2 unspecified atom stereocenters. The molecule has 0 bridgehead atoms. The van der Waals surface area contributed by atoms with Crippen LogP contribution in [-0.2, 0) is 5.60 Å². The molecule has 16 heavy (non-hydrogen) atoms. The Labute approximate surface area is 95.1 Å². The zero-order chi connectivity index (χ0) is 12.3. The molecule has 0 radical (unpaired) electrons. The maximum absolute atomic E-state index is 12.8. The summed E-state index contributed by atoms with van der Waals surface area (Å²) in [5, 5.41) is 10.2. The second-order valence-electron chi connectivity index (χ2n) is 4.36. The van der Waals surface area contributed by atoms with Crippen LogP contribution < -0.4 is 0 Å². The van der Waals surface area contributed by atoms with Crippen LogP contribution in [0.4, 0.5) is 8.78 Å². The van der Waals surface area contributed by atoms with E-state index in [1.165, 1.54) is 6.92 Å². The van der Waals surface area contributed by atoms with E-state index in [1.807, 2.05) is 19.1 Å². The van der Waals surface area contributed by atoms with Crippen molar-refractivity contribution in [3.05, 3.63) is 35.4 Å². The monoisotopic (exact) mass is 228 g/mol. The van der Waals surface area contributed by atoms with Gasteiger partial charge in [-0.25, -0.2) is 8.78 Å². The van der Waals surface area contributed by atoms with Gasteiger partial charge in [0.25, 0.3) is 0 Å². The number of rotatable bonds is 4. The molecule has 0 amide bonds. The highest BCUT2D eigenvalue weighted by atomic mass is 19.3. The van der Waals surface area contributed by atoms with Crippen LogP contribution in [0.5, 0.6) is 0 Å². The van der Waals surface area contributed by atoms with E-state index in [4.69, 9.17) is 0 Å². The number of hydrogen-bond donors (Lipinski definition) is 1. The average Bonchev–Trinajstić information content (AvgIpc) is 2.18. The zero-order valence-corrected chi connectivity index (χ0v) is 9.87. The highest BCUT2D eigenvalue weighted by Gasteiger charge is 2.38. The van der Waals surface area contributed by atoms with Crippen molar-refractivity contribution in [2.24, 2.45) is 5.92 Å². The van der Waals surface area contributed by atoms with Crippen molar-refractivity contribution in [2.45, 2.75) is 39.2 Å². The third-order valence-electron chi connectivity index (χ3n) is 3.10. The van der Waals surface area contributed by atoms with Crippen LogP contribution in [0.15, 0.2) is 24.3 Å². The van der Waals surface area contributed by atoms with Gasteiger partial charge in [-0.15, -0.1) is 0 Å². The highest BCUT2D eigenvalue weighted by molar-refractivity contribution is 5.26. The zero-order valence-electron chi connectivity index (χ0n) is 9.87. The molecule has 0 aliphatic rings. The van der Waals surface area contributed by atoms with Gasteiger partial charge in [0.05, 0.1) is 11.5 Å². The first-order valence-corrected chi connectivity index (χ1v) is 5.47. The largest absolute Gasteiger partial charge is 0.385 e. The lowest BCUT2D eigenvalue weighted by Crippen LogP contribution is -2.36. The molecule has 0 fully saturated rings. The van der Waals surface area contributed by atoms with Crippen molar-refractivity contribution in [3.8, 4) is 0 Å². The summed E-state index contributed by atoms with van der Waals surface area (Å²) in [5.74, 6) is -1.03.